The van der Waals surface area contributed by atoms with Crippen molar-refractivity contribution in [2.75, 3.05) is 7.11 Å². The number of benzene rings is 1. The fourth-order valence-electron chi connectivity index (χ4n) is 5.36. The Kier molecular flexibility index (Phi) is 6.73. The van der Waals surface area contributed by atoms with Gasteiger partial charge in [-0.15, -0.1) is 11.3 Å². The van der Waals surface area contributed by atoms with E-state index in [2.05, 4.69) is 18.9 Å². The molecule has 3 aromatic heterocycles. The van der Waals surface area contributed by atoms with Gasteiger partial charge in [0.25, 0.3) is 5.56 Å². The molecular weight excluding hydrogens is 528 g/mol. The van der Waals surface area contributed by atoms with Gasteiger partial charge in [0.15, 0.2) is 11.5 Å². The number of aryl methyl sites for hydroxylation is 2. The molecule has 0 saturated carbocycles. The van der Waals surface area contributed by atoms with Crippen molar-refractivity contribution in [1.82, 2.24) is 19.3 Å². The average Bonchev–Trinajstić information content (AvgIpc) is 3.54. The number of rotatable bonds is 8. The fourth-order valence-corrected chi connectivity index (χ4v) is 6.54. The molecule has 4 heterocycles. The molecule has 1 atom stereocenters. The predicted octanol–water partition coefficient (Wildman–Crippen LogP) is 5.20. The molecule has 0 spiro atoms. The first kappa shape index (κ1) is 26.2. The first-order chi connectivity index (χ1) is 18.0. The summed E-state index contributed by atoms with van der Waals surface area (Å²) >= 11 is 7.14. The number of aromatic carboxylic acids is 1. The van der Waals surface area contributed by atoms with E-state index >= 15 is 0 Å². The molecule has 0 aliphatic carbocycles. The molecule has 0 radical (unpaired) electrons. The minimum atomic E-state index is -1.03. The zero-order chi connectivity index (χ0) is 27.4. The molecule has 0 bridgehead atoms. The Bertz CT molecular complexity index is 1600. The molecule has 4 aromatic rings. The van der Waals surface area contributed by atoms with Crippen molar-refractivity contribution >= 4 is 39.1 Å². The van der Waals surface area contributed by atoms with E-state index < -0.39 is 5.97 Å². The third kappa shape index (κ3) is 4.56. The standard InChI is InChI=1S/C27H29ClN4O5S/c1-14-21-24(38-22(14)26(34)35)29-23-17(8-9-32(23)25(21)33)27(2,3)12-15-6-7-18(19(10-15)36-5)37-13-16-11-20(28)31(4)30-16/h6-7,10-11,17H,8-9,12-13H2,1-5H3,(H,34,35). The van der Waals surface area contributed by atoms with Crippen LogP contribution in [0.2, 0.25) is 5.15 Å². The number of aromatic nitrogens is 4. The van der Waals surface area contributed by atoms with Crippen LogP contribution in [0, 0.1) is 12.3 Å². The summed E-state index contributed by atoms with van der Waals surface area (Å²) < 4.78 is 14.9. The van der Waals surface area contributed by atoms with Crippen LogP contribution in [-0.4, -0.2) is 37.5 Å². The van der Waals surface area contributed by atoms with Gasteiger partial charge in [0.1, 0.15) is 33.0 Å². The summed E-state index contributed by atoms with van der Waals surface area (Å²) in [5.74, 6) is 0.966. The Hall–Kier alpha value is -3.37. The second-order valence-corrected chi connectivity index (χ2v) is 11.7. The summed E-state index contributed by atoms with van der Waals surface area (Å²) in [6.07, 6.45) is 1.52. The molecule has 0 amide bonds. The monoisotopic (exact) mass is 556 g/mol. The zero-order valence-corrected chi connectivity index (χ0v) is 23.4. The number of nitrogens with zero attached hydrogens (tertiary/aromatic N) is 4. The lowest BCUT2D eigenvalue weighted by Crippen LogP contribution is -2.27. The second-order valence-electron chi connectivity index (χ2n) is 10.3. The zero-order valence-electron chi connectivity index (χ0n) is 21.9. The summed E-state index contributed by atoms with van der Waals surface area (Å²) in [4.78, 5) is 30.4. The number of hydrogen-bond acceptors (Lipinski definition) is 7. The SMILES string of the molecule is COc1cc(CC(C)(C)C2CCn3c2nc2sc(C(=O)O)c(C)c2c3=O)ccc1OCc1cc(Cl)n(C)n1. The third-order valence-corrected chi connectivity index (χ3v) is 8.83. The fraction of sp³-hybridized carbons (Fsp3) is 0.407. The van der Waals surface area contributed by atoms with E-state index in [1.165, 1.54) is 0 Å². The largest absolute Gasteiger partial charge is 0.493 e. The highest BCUT2D eigenvalue weighted by atomic mass is 35.5. The maximum Gasteiger partial charge on any atom is 0.346 e. The van der Waals surface area contributed by atoms with E-state index in [-0.39, 0.29) is 28.4 Å². The molecule has 1 N–H and O–H groups in total. The Morgan fingerprint density at radius 2 is 2.05 bits per heavy atom. The number of carboxylic acid groups (broad SMARTS) is 1. The summed E-state index contributed by atoms with van der Waals surface area (Å²) in [5.41, 5.74) is 1.90. The molecule has 200 valence electrons. The average molecular weight is 557 g/mol. The summed E-state index contributed by atoms with van der Waals surface area (Å²) in [7, 11) is 3.38. The van der Waals surface area contributed by atoms with Crippen molar-refractivity contribution in [2.24, 2.45) is 12.5 Å². The lowest BCUT2D eigenvalue weighted by Gasteiger charge is -2.31. The van der Waals surface area contributed by atoms with Gasteiger partial charge in [-0.1, -0.05) is 31.5 Å². The Morgan fingerprint density at radius 3 is 2.71 bits per heavy atom. The second kappa shape index (κ2) is 9.74. The molecule has 5 rings (SSSR count). The number of thiophene rings is 1. The summed E-state index contributed by atoms with van der Waals surface area (Å²) in [6.45, 7) is 6.86. The number of methoxy groups -OCH3 is 1. The maximum atomic E-state index is 13.3. The quantitative estimate of drug-likeness (QED) is 0.318. The molecule has 11 heteroatoms. The van der Waals surface area contributed by atoms with Crippen molar-refractivity contribution in [3.05, 3.63) is 67.3 Å². The van der Waals surface area contributed by atoms with Crippen LogP contribution in [0.4, 0.5) is 0 Å². The summed E-state index contributed by atoms with van der Waals surface area (Å²) in [5, 5.41) is 14.8. The van der Waals surface area contributed by atoms with Crippen molar-refractivity contribution in [2.45, 2.75) is 52.7 Å². The minimum absolute atomic E-state index is 0.0334. The van der Waals surface area contributed by atoms with Gasteiger partial charge in [0, 0.05) is 25.6 Å². The number of carbonyl (C=O) groups is 1. The van der Waals surface area contributed by atoms with Crippen molar-refractivity contribution < 1.29 is 19.4 Å². The number of hydrogen-bond donors (Lipinski definition) is 1. The van der Waals surface area contributed by atoms with Crippen LogP contribution in [0.1, 0.15) is 58.5 Å². The first-order valence-electron chi connectivity index (χ1n) is 12.3. The molecule has 1 unspecified atom stereocenters. The van der Waals surface area contributed by atoms with Crippen LogP contribution in [0.15, 0.2) is 29.1 Å². The molecule has 0 fully saturated rings. The number of halogens is 1. The van der Waals surface area contributed by atoms with Crippen LogP contribution in [0.5, 0.6) is 11.5 Å². The van der Waals surface area contributed by atoms with Gasteiger partial charge in [-0.25, -0.2) is 9.78 Å². The van der Waals surface area contributed by atoms with E-state index in [0.29, 0.717) is 39.0 Å². The lowest BCUT2D eigenvalue weighted by atomic mass is 9.73. The van der Waals surface area contributed by atoms with Crippen LogP contribution >= 0.6 is 22.9 Å². The molecule has 9 nitrogen and oxygen atoms in total. The smallest absolute Gasteiger partial charge is 0.346 e. The molecule has 1 aliphatic heterocycles. The van der Waals surface area contributed by atoms with E-state index in [9.17, 15) is 14.7 Å². The van der Waals surface area contributed by atoms with Crippen molar-refractivity contribution in [3.63, 3.8) is 0 Å². The number of carboxylic acids is 1. The highest BCUT2D eigenvalue weighted by molar-refractivity contribution is 7.20. The number of fused-ring (bicyclic) bond motifs is 2. The highest BCUT2D eigenvalue weighted by Gasteiger charge is 2.39. The van der Waals surface area contributed by atoms with E-state index in [1.807, 2.05) is 18.2 Å². The van der Waals surface area contributed by atoms with Crippen LogP contribution < -0.4 is 15.0 Å². The topological polar surface area (TPSA) is 108 Å². The van der Waals surface area contributed by atoms with Crippen LogP contribution in [0.3, 0.4) is 0 Å². The molecule has 38 heavy (non-hydrogen) atoms. The minimum Gasteiger partial charge on any atom is -0.493 e. The highest BCUT2D eigenvalue weighted by Crippen LogP contribution is 2.45. The first-order valence-corrected chi connectivity index (χ1v) is 13.4. The van der Waals surface area contributed by atoms with Crippen LogP contribution in [0.25, 0.3) is 10.2 Å². The van der Waals surface area contributed by atoms with Gasteiger partial charge in [-0.3, -0.25) is 14.0 Å². The van der Waals surface area contributed by atoms with E-state index in [0.717, 1.165) is 41.3 Å². The molecule has 0 saturated heterocycles. The van der Waals surface area contributed by atoms with Gasteiger partial charge in [-0.2, -0.15) is 5.10 Å². The number of ether oxygens (including phenoxy) is 2. The molecule has 1 aliphatic rings. The van der Waals surface area contributed by atoms with Crippen molar-refractivity contribution in [1.29, 1.82) is 0 Å². The van der Waals surface area contributed by atoms with Gasteiger partial charge >= 0.3 is 5.97 Å². The molecule has 1 aromatic carbocycles. The summed E-state index contributed by atoms with van der Waals surface area (Å²) in [6, 6.07) is 7.65. The van der Waals surface area contributed by atoms with Gasteiger partial charge in [0.05, 0.1) is 12.5 Å². The Labute approximate surface area is 228 Å². The van der Waals surface area contributed by atoms with E-state index in [4.69, 9.17) is 26.1 Å². The third-order valence-electron chi connectivity index (χ3n) is 7.31. The van der Waals surface area contributed by atoms with Crippen molar-refractivity contribution in [3.8, 4) is 11.5 Å². The van der Waals surface area contributed by atoms with E-state index in [1.54, 1.807) is 36.4 Å². The lowest BCUT2D eigenvalue weighted by molar-refractivity contribution is 0.0701. The predicted molar refractivity (Wildman–Crippen MR) is 146 cm³/mol. The van der Waals surface area contributed by atoms with Crippen LogP contribution in [-0.2, 0) is 26.6 Å². The van der Waals surface area contributed by atoms with Gasteiger partial charge in [-0.05, 0) is 48.4 Å². The van der Waals surface area contributed by atoms with Gasteiger partial charge < -0.3 is 14.6 Å². The Balaban J connectivity index is 1.39. The normalized spacial score (nSPS) is 15.2. The maximum absolute atomic E-state index is 13.3. The molecular formula is C27H29ClN4O5S. The van der Waals surface area contributed by atoms with Gasteiger partial charge in [0.2, 0.25) is 0 Å². The Morgan fingerprint density at radius 1 is 1.29 bits per heavy atom.